The fraction of sp³-hybridized carbons (Fsp3) is 0.263. The molecule has 2 aromatic heterocycles. The maximum Gasteiger partial charge on any atom is 0.191 e. The maximum atomic E-state index is 5.82. The molecule has 0 unspecified atom stereocenters. The van der Waals surface area contributed by atoms with E-state index in [2.05, 4.69) is 30.7 Å². The molecule has 8 nitrogen and oxygen atoms in total. The summed E-state index contributed by atoms with van der Waals surface area (Å²) in [4.78, 5) is 12.7. The van der Waals surface area contributed by atoms with Crippen LogP contribution in [0.15, 0.2) is 60.0 Å². The Labute approximate surface area is 181 Å². The zero-order valence-corrected chi connectivity index (χ0v) is 18.2. The number of nitrogens with zero attached hydrogens (tertiary/aromatic N) is 5. The Morgan fingerprint density at radius 3 is 2.68 bits per heavy atom. The topological polar surface area (TPSA) is 89.2 Å². The number of guanidine groups is 1. The molecule has 0 aliphatic carbocycles. The van der Waals surface area contributed by atoms with Gasteiger partial charge in [-0.15, -0.1) is 24.0 Å². The van der Waals surface area contributed by atoms with Crippen molar-refractivity contribution in [3.05, 3.63) is 72.1 Å². The van der Waals surface area contributed by atoms with Crippen molar-refractivity contribution in [1.82, 2.24) is 30.4 Å². The van der Waals surface area contributed by atoms with Crippen LogP contribution in [-0.4, -0.2) is 32.8 Å². The van der Waals surface area contributed by atoms with Crippen LogP contribution >= 0.6 is 24.0 Å². The number of aliphatic imine (C=N–C) groups is 1. The average Bonchev–Trinajstić information content (AvgIpc) is 3.12. The third-order valence-electron chi connectivity index (χ3n) is 3.91. The van der Waals surface area contributed by atoms with Gasteiger partial charge < -0.3 is 15.4 Å². The van der Waals surface area contributed by atoms with E-state index in [9.17, 15) is 0 Å². The quantitative estimate of drug-likeness (QED) is 0.298. The Balaban J connectivity index is 0.00000280. The van der Waals surface area contributed by atoms with E-state index in [-0.39, 0.29) is 24.0 Å². The maximum absolute atomic E-state index is 5.82. The number of nitrogens with one attached hydrogen (secondary N) is 2. The predicted octanol–water partition coefficient (Wildman–Crippen LogP) is 2.27. The Bertz CT molecular complexity index is 883. The molecule has 0 fully saturated rings. The summed E-state index contributed by atoms with van der Waals surface area (Å²) in [5.41, 5.74) is 1.99. The molecular weight excluding hydrogens is 469 g/mol. The monoisotopic (exact) mass is 493 g/mol. The summed E-state index contributed by atoms with van der Waals surface area (Å²) in [6.07, 6.45) is 3.29. The number of rotatable bonds is 7. The second-order valence-corrected chi connectivity index (χ2v) is 5.84. The first-order valence-corrected chi connectivity index (χ1v) is 8.63. The summed E-state index contributed by atoms with van der Waals surface area (Å²) < 4.78 is 7.55. The smallest absolute Gasteiger partial charge is 0.191 e. The first kappa shape index (κ1) is 21.6. The lowest BCUT2D eigenvalue weighted by molar-refractivity contribution is 0.301. The molecule has 9 heteroatoms. The molecule has 0 atom stereocenters. The van der Waals surface area contributed by atoms with Crippen molar-refractivity contribution in [1.29, 1.82) is 0 Å². The van der Waals surface area contributed by atoms with Gasteiger partial charge in [0.25, 0.3) is 0 Å². The fourth-order valence-corrected chi connectivity index (χ4v) is 2.44. The van der Waals surface area contributed by atoms with Gasteiger partial charge >= 0.3 is 0 Å². The van der Waals surface area contributed by atoms with Gasteiger partial charge in [-0.1, -0.05) is 18.2 Å². The van der Waals surface area contributed by atoms with Crippen LogP contribution in [0.1, 0.15) is 17.1 Å². The van der Waals surface area contributed by atoms with Crippen molar-refractivity contribution in [2.75, 3.05) is 7.05 Å². The summed E-state index contributed by atoms with van der Waals surface area (Å²) >= 11 is 0. The van der Waals surface area contributed by atoms with E-state index in [0.717, 1.165) is 22.8 Å². The second-order valence-electron chi connectivity index (χ2n) is 5.84. The van der Waals surface area contributed by atoms with Gasteiger partial charge in [0.1, 0.15) is 24.5 Å². The Morgan fingerprint density at radius 1 is 1.11 bits per heavy atom. The highest BCUT2D eigenvalue weighted by Crippen LogP contribution is 2.14. The van der Waals surface area contributed by atoms with Gasteiger partial charge in [0.05, 0.1) is 12.2 Å². The van der Waals surface area contributed by atoms with Crippen LogP contribution in [0.3, 0.4) is 0 Å². The Kier molecular flexibility index (Phi) is 8.66. The molecule has 1 aromatic carbocycles. The second kappa shape index (κ2) is 11.2. The molecule has 0 amide bonds. The molecule has 3 aromatic rings. The Hall–Kier alpha value is -2.69. The van der Waals surface area contributed by atoms with Crippen LogP contribution < -0.4 is 15.4 Å². The number of benzene rings is 1. The van der Waals surface area contributed by atoms with Gasteiger partial charge in [0.15, 0.2) is 5.96 Å². The van der Waals surface area contributed by atoms with Crippen molar-refractivity contribution in [3.63, 3.8) is 0 Å². The van der Waals surface area contributed by atoms with E-state index in [1.807, 2.05) is 49.5 Å². The SMILES string of the molecule is CN=C(NCc1cccc(OCc2ccccn2)c1)NCc1ncnn1C.I. The molecule has 0 saturated carbocycles. The molecule has 148 valence electrons. The van der Waals surface area contributed by atoms with Gasteiger partial charge in [-0.05, 0) is 29.8 Å². The molecule has 2 N–H and O–H groups in total. The summed E-state index contributed by atoms with van der Waals surface area (Å²) in [6, 6.07) is 13.7. The van der Waals surface area contributed by atoms with E-state index >= 15 is 0 Å². The van der Waals surface area contributed by atoms with Crippen LogP contribution in [0.2, 0.25) is 0 Å². The number of aryl methyl sites for hydroxylation is 1. The minimum absolute atomic E-state index is 0. The highest BCUT2D eigenvalue weighted by Gasteiger charge is 2.04. The molecule has 0 bridgehead atoms. The normalized spacial score (nSPS) is 10.9. The minimum Gasteiger partial charge on any atom is -0.487 e. The number of halogens is 1. The van der Waals surface area contributed by atoms with E-state index in [0.29, 0.717) is 25.7 Å². The summed E-state index contributed by atoms with van der Waals surface area (Å²) in [7, 11) is 3.59. The third-order valence-corrected chi connectivity index (χ3v) is 3.91. The van der Waals surface area contributed by atoms with Crippen molar-refractivity contribution < 1.29 is 4.74 Å². The molecule has 0 saturated heterocycles. The number of hydrogen-bond acceptors (Lipinski definition) is 5. The van der Waals surface area contributed by atoms with Crippen LogP contribution in [0.25, 0.3) is 0 Å². The van der Waals surface area contributed by atoms with Gasteiger partial charge in [-0.2, -0.15) is 5.10 Å². The molecular formula is C19H24IN7O. The van der Waals surface area contributed by atoms with E-state index < -0.39 is 0 Å². The van der Waals surface area contributed by atoms with Crippen LogP contribution in [0.5, 0.6) is 5.75 Å². The lowest BCUT2D eigenvalue weighted by Crippen LogP contribution is -2.36. The largest absolute Gasteiger partial charge is 0.487 e. The lowest BCUT2D eigenvalue weighted by Gasteiger charge is -2.12. The van der Waals surface area contributed by atoms with E-state index in [1.54, 1.807) is 17.9 Å². The standard InChI is InChI=1S/C19H23N7O.HI/c1-20-19(23-12-18-24-14-25-26(18)2)22-11-15-6-5-8-17(10-15)27-13-16-7-3-4-9-21-16;/h3-10,14H,11-13H2,1-2H3,(H2,20,22,23);1H. The zero-order valence-electron chi connectivity index (χ0n) is 15.9. The molecule has 0 radical (unpaired) electrons. The number of ether oxygens (including phenoxy) is 1. The molecule has 0 spiro atoms. The number of aromatic nitrogens is 4. The molecule has 0 aliphatic heterocycles. The van der Waals surface area contributed by atoms with Crippen molar-refractivity contribution in [3.8, 4) is 5.75 Å². The number of hydrogen-bond donors (Lipinski definition) is 2. The van der Waals surface area contributed by atoms with Gasteiger partial charge in [0.2, 0.25) is 0 Å². The van der Waals surface area contributed by atoms with E-state index in [4.69, 9.17) is 4.74 Å². The van der Waals surface area contributed by atoms with Gasteiger partial charge in [-0.25, -0.2) is 4.98 Å². The fourth-order valence-electron chi connectivity index (χ4n) is 2.44. The lowest BCUT2D eigenvalue weighted by atomic mass is 10.2. The molecule has 2 heterocycles. The first-order chi connectivity index (χ1) is 13.2. The van der Waals surface area contributed by atoms with Crippen LogP contribution in [-0.2, 0) is 26.7 Å². The van der Waals surface area contributed by atoms with Gasteiger partial charge in [0, 0.05) is 26.8 Å². The summed E-state index contributed by atoms with van der Waals surface area (Å²) in [5.74, 6) is 2.34. The van der Waals surface area contributed by atoms with Crippen molar-refractivity contribution in [2.45, 2.75) is 19.7 Å². The zero-order chi connectivity index (χ0) is 18.9. The highest BCUT2D eigenvalue weighted by molar-refractivity contribution is 14.0. The third kappa shape index (κ3) is 6.48. The molecule has 0 aliphatic rings. The van der Waals surface area contributed by atoms with Crippen molar-refractivity contribution in [2.24, 2.45) is 12.0 Å². The average molecular weight is 493 g/mol. The van der Waals surface area contributed by atoms with Crippen LogP contribution in [0.4, 0.5) is 0 Å². The first-order valence-electron chi connectivity index (χ1n) is 8.63. The van der Waals surface area contributed by atoms with Crippen LogP contribution in [0, 0.1) is 0 Å². The number of pyridine rings is 1. The van der Waals surface area contributed by atoms with E-state index in [1.165, 1.54) is 6.33 Å². The minimum atomic E-state index is 0. The summed E-state index contributed by atoms with van der Waals surface area (Å²) in [6.45, 7) is 1.61. The summed E-state index contributed by atoms with van der Waals surface area (Å²) in [5, 5.41) is 10.6. The highest BCUT2D eigenvalue weighted by atomic mass is 127. The van der Waals surface area contributed by atoms with Gasteiger partial charge in [-0.3, -0.25) is 14.7 Å². The molecule has 3 rings (SSSR count). The van der Waals surface area contributed by atoms with Crippen molar-refractivity contribution >= 4 is 29.9 Å². The predicted molar refractivity (Wildman–Crippen MR) is 118 cm³/mol. The Morgan fingerprint density at radius 2 is 1.96 bits per heavy atom. The molecule has 28 heavy (non-hydrogen) atoms.